The molecule has 106 valence electrons. The molecule has 0 unspecified atom stereocenters. The molecular weight excluding hydrogens is 264 g/mol. The summed E-state index contributed by atoms with van der Waals surface area (Å²) in [5.41, 5.74) is -0.181. The largest absolute Gasteiger partial charge is 0.494 e. The van der Waals surface area contributed by atoms with Gasteiger partial charge in [-0.1, -0.05) is 30.9 Å². The van der Waals surface area contributed by atoms with Gasteiger partial charge in [0.1, 0.15) is 11.4 Å². The van der Waals surface area contributed by atoms with Gasteiger partial charge in [-0.05, 0) is 37.1 Å². The molecule has 0 bridgehead atoms. The molecule has 1 aliphatic heterocycles. The fourth-order valence-electron chi connectivity index (χ4n) is 2.04. The molecule has 0 radical (unpaired) electrons. The Hall–Kier alpha value is -0.770. The highest BCUT2D eigenvalue weighted by atomic mass is 35.5. The maximum Gasteiger partial charge on any atom is 0.119 e. The third-order valence-electron chi connectivity index (χ3n) is 3.45. The first-order chi connectivity index (χ1) is 9.24. The summed E-state index contributed by atoms with van der Waals surface area (Å²) in [5.74, 6) is 0.870. The maximum absolute atomic E-state index is 9.09. The predicted octanol–water partition coefficient (Wildman–Crippen LogP) is 3.43. The lowest BCUT2D eigenvalue weighted by Crippen LogP contribution is -2.16. The molecule has 0 aromatic heterocycles. The molecule has 1 aromatic rings. The van der Waals surface area contributed by atoms with Crippen LogP contribution in [-0.2, 0) is 4.74 Å². The van der Waals surface area contributed by atoms with Crippen LogP contribution in [0.25, 0.3) is 0 Å². The van der Waals surface area contributed by atoms with Crippen molar-refractivity contribution in [2.24, 2.45) is 0 Å². The van der Waals surface area contributed by atoms with Gasteiger partial charge in [-0.25, -0.2) is 0 Å². The molecule has 0 amide bonds. The number of unbranched alkanes of at least 4 members (excludes halogenated alkanes) is 3. The Bertz CT molecular complexity index is 373. The number of ether oxygens (including phenoxy) is 2. The van der Waals surface area contributed by atoms with E-state index in [1.807, 2.05) is 24.3 Å². The topological polar surface area (TPSA) is 42.0 Å². The number of hydrogen-bond acceptors (Lipinski definition) is 3. The first-order valence-corrected chi connectivity index (χ1v) is 7.25. The molecular formula is C15H21ClO3. The Morgan fingerprint density at radius 1 is 1.16 bits per heavy atom. The van der Waals surface area contributed by atoms with Crippen LogP contribution in [-0.4, -0.2) is 30.5 Å². The van der Waals surface area contributed by atoms with Crippen molar-refractivity contribution in [2.75, 3.05) is 19.8 Å². The van der Waals surface area contributed by atoms with Crippen molar-refractivity contribution in [3.05, 3.63) is 29.3 Å². The zero-order valence-corrected chi connectivity index (χ0v) is 11.9. The van der Waals surface area contributed by atoms with Crippen molar-refractivity contribution in [1.29, 1.82) is 0 Å². The third-order valence-corrected chi connectivity index (χ3v) is 3.70. The van der Waals surface area contributed by atoms with Crippen LogP contribution in [0.15, 0.2) is 24.3 Å². The van der Waals surface area contributed by atoms with Gasteiger partial charge in [0.05, 0.1) is 19.8 Å². The first-order valence-electron chi connectivity index (χ1n) is 6.87. The van der Waals surface area contributed by atoms with Gasteiger partial charge in [0.2, 0.25) is 0 Å². The zero-order valence-electron chi connectivity index (χ0n) is 11.1. The Balaban J connectivity index is 1.47. The average molecular weight is 285 g/mol. The van der Waals surface area contributed by atoms with Crippen LogP contribution in [0, 0.1) is 0 Å². The number of benzene rings is 1. The molecule has 0 aliphatic carbocycles. The van der Waals surface area contributed by atoms with E-state index >= 15 is 0 Å². The summed E-state index contributed by atoms with van der Waals surface area (Å²) < 4.78 is 10.9. The van der Waals surface area contributed by atoms with Crippen LogP contribution in [0.2, 0.25) is 5.02 Å². The Labute approximate surface area is 119 Å². The smallest absolute Gasteiger partial charge is 0.119 e. The lowest BCUT2D eigenvalue weighted by Gasteiger charge is -2.08. The molecule has 1 heterocycles. The number of hydrogen-bond donors (Lipinski definition) is 1. The number of aliphatic hydroxyl groups is 1. The number of aliphatic hydroxyl groups excluding tert-OH is 1. The van der Waals surface area contributed by atoms with Crippen molar-refractivity contribution < 1.29 is 14.6 Å². The molecule has 3 nitrogen and oxygen atoms in total. The quantitative estimate of drug-likeness (QED) is 0.558. The average Bonchev–Trinajstić information content (AvgIpc) is 3.20. The minimum Gasteiger partial charge on any atom is -0.494 e. The lowest BCUT2D eigenvalue weighted by molar-refractivity contribution is 0.161. The summed E-state index contributed by atoms with van der Waals surface area (Å²) in [4.78, 5) is 0. The normalized spacial score (nSPS) is 21.4. The first kappa shape index (κ1) is 14.6. The minimum atomic E-state index is -0.181. The van der Waals surface area contributed by atoms with Crippen LogP contribution in [0.3, 0.4) is 0 Å². The van der Waals surface area contributed by atoms with E-state index in [2.05, 4.69) is 0 Å². The van der Waals surface area contributed by atoms with Crippen LogP contribution in [0.1, 0.15) is 32.1 Å². The second-order valence-electron chi connectivity index (χ2n) is 5.10. The summed E-state index contributed by atoms with van der Waals surface area (Å²) >= 11 is 5.80. The van der Waals surface area contributed by atoms with E-state index < -0.39 is 0 Å². The predicted molar refractivity (Wildman–Crippen MR) is 75.8 cm³/mol. The Kier molecular flexibility index (Phi) is 5.49. The number of halogens is 1. The van der Waals surface area contributed by atoms with E-state index in [4.69, 9.17) is 26.2 Å². The van der Waals surface area contributed by atoms with Gasteiger partial charge in [-0.3, -0.25) is 0 Å². The van der Waals surface area contributed by atoms with Crippen molar-refractivity contribution in [1.82, 2.24) is 0 Å². The third kappa shape index (κ3) is 5.01. The van der Waals surface area contributed by atoms with Crippen molar-refractivity contribution in [3.8, 4) is 5.75 Å². The molecule has 1 aliphatic rings. The van der Waals surface area contributed by atoms with Gasteiger partial charge in [0, 0.05) is 5.02 Å². The molecule has 1 saturated heterocycles. The highest BCUT2D eigenvalue weighted by molar-refractivity contribution is 6.30. The van der Waals surface area contributed by atoms with Crippen molar-refractivity contribution in [2.45, 2.75) is 37.7 Å². The SMILES string of the molecule is OC[C@]1(CCCCCCOc2ccc(Cl)cc2)CO1. The highest BCUT2D eigenvalue weighted by Gasteiger charge is 2.43. The summed E-state index contributed by atoms with van der Waals surface area (Å²) in [6.07, 6.45) is 5.45. The van der Waals surface area contributed by atoms with E-state index in [0.29, 0.717) is 0 Å². The van der Waals surface area contributed by atoms with Crippen LogP contribution in [0.4, 0.5) is 0 Å². The standard InChI is InChI=1S/C15H21ClO3/c16-13-5-7-14(8-6-13)18-10-4-2-1-3-9-15(11-17)12-19-15/h5-8,17H,1-4,9-12H2/t15-/m1/s1. The van der Waals surface area contributed by atoms with Crippen molar-refractivity contribution in [3.63, 3.8) is 0 Å². The Morgan fingerprint density at radius 3 is 2.47 bits per heavy atom. The summed E-state index contributed by atoms with van der Waals surface area (Å²) in [7, 11) is 0. The molecule has 2 rings (SSSR count). The van der Waals surface area contributed by atoms with Gasteiger partial charge in [-0.15, -0.1) is 0 Å². The number of epoxide rings is 1. The molecule has 1 fully saturated rings. The van der Waals surface area contributed by atoms with E-state index in [-0.39, 0.29) is 12.2 Å². The summed E-state index contributed by atoms with van der Waals surface area (Å²) in [6, 6.07) is 7.44. The molecule has 4 heteroatoms. The van der Waals surface area contributed by atoms with Gasteiger partial charge in [-0.2, -0.15) is 0 Å². The lowest BCUT2D eigenvalue weighted by atomic mass is 10.0. The fourth-order valence-corrected chi connectivity index (χ4v) is 2.17. The van der Waals surface area contributed by atoms with Crippen LogP contribution in [0.5, 0.6) is 5.75 Å². The number of rotatable bonds is 9. The molecule has 0 saturated carbocycles. The Morgan fingerprint density at radius 2 is 1.84 bits per heavy atom. The second-order valence-corrected chi connectivity index (χ2v) is 5.53. The monoisotopic (exact) mass is 284 g/mol. The van der Waals surface area contributed by atoms with Crippen molar-refractivity contribution >= 4 is 11.6 Å². The molecule has 0 spiro atoms. The van der Waals surface area contributed by atoms with Gasteiger partial charge in [0.25, 0.3) is 0 Å². The van der Waals surface area contributed by atoms with Crippen LogP contribution >= 0.6 is 11.6 Å². The van der Waals surface area contributed by atoms with E-state index in [1.54, 1.807) is 0 Å². The van der Waals surface area contributed by atoms with E-state index in [0.717, 1.165) is 56.1 Å². The van der Waals surface area contributed by atoms with Crippen LogP contribution < -0.4 is 4.74 Å². The van der Waals surface area contributed by atoms with Gasteiger partial charge < -0.3 is 14.6 Å². The summed E-state index contributed by atoms with van der Waals surface area (Å²) in [6.45, 7) is 1.62. The van der Waals surface area contributed by atoms with E-state index in [1.165, 1.54) is 0 Å². The molecule has 1 atom stereocenters. The minimum absolute atomic E-state index is 0.159. The maximum atomic E-state index is 9.09. The molecule has 1 N–H and O–H groups in total. The zero-order chi connectivity index (χ0) is 13.6. The summed E-state index contributed by atoms with van der Waals surface area (Å²) in [5, 5.41) is 9.82. The van der Waals surface area contributed by atoms with Gasteiger partial charge >= 0.3 is 0 Å². The second kappa shape index (κ2) is 7.13. The van der Waals surface area contributed by atoms with E-state index in [9.17, 15) is 0 Å². The molecule has 19 heavy (non-hydrogen) atoms. The molecule has 1 aromatic carbocycles. The van der Waals surface area contributed by atoms with Gasteiger partial charge in [0.15, 0.2) is 0 Å². The highest BCUT2D eigenvalue weighted by Crippen LogP contribution is 2.32. The fraction of sp³-hybridized carbons (Fsp3) is 0.600.